The summed E-state index contributed by atoms with van der Waals surface area (Å²) in [6.45, 7) is 0. The Balaban J connectivity index is 1.19. The standard InChI is InChI=1S/C47H31N3/c1-4-14-32(15-5-1)41-29-36(30-42(48-41)33-16-6-2-7-17-33)34-18-12-22-38(28-34)50-43-24-11-10-23-39(43)47-40-26-27-49(37-20-8-3-9-21-37)44-25-13-19-35(46(40)44)31-45(47)50/h1-31H. The van der Waals surface area contributed by atoms with Crippen molar-refractivity contribution >= 4 is 50.0 Å². The van der Waals surface area contributed by atoms with Crippen LogP contribution < -0.4 is 4.90 Å². The van der Waals surface area contributed by atoms with Crippen LogP contribution in [0.1, 0.15) is 5.56 Å². The molecule has 1 aliphatic rings. The van der Waals surface area contributed by atoms with Crippen molar-refractivity contribution in [1.82, 2.24) is 9.55 Å². The maximum Gasteiger partial charge on any atom is 0.0715 e. The topological polar surface area (TPSA) is 21.1 Å². The van der Waals surface area contributed by atoms with Gasteiger partial charge in [0.2, 0.25) is 0 Å². The van der Waals surface area contributed by atoms with Crippen LogP contribution in [-0.4, -0.2) is 9.55 Å². The van der Waals surface area contributed by atoms with E-state index < -0.39 is 0 Å². The van der Waals surface area contributed by atoms with E-state index in [-0.39, 0.29) is 0 Å². The molecule has 3 heterocycles. The highest BCUT2D eigenvalue weighted by Crippen LogP contribution is 2.45. The molecule has 0 saturated carbocycles. The zero-order valence-corrected chi connectivity index (χ0v) is 27.2. The number of rotatable bonds is 5. The van der Waals surface area contributed by atoms with Gasteiger partial charge < -0.3 is 9.47 Å². The van der Waals surface area contributed by atoms with Crippen molar-refractivity contribution in [3.8, 4) is 39.3 Å². The van der Waals surface area contributed by atoms with Gasteiger partial charge in [0.05, 0.1) is 28.1 Å². The molecule has 50 heavy (non-hydrogen) atoms. The van der Waals surface area contributed by atoms with Gasteiger partial charge in [0.25, 0.3) is 0 Å². The molecule has 0 fully saturated rings. The van der Waals surface area contributed by atoms with Gasteiger partial charge in [-0.25, -0.2) is 4.98 Å². The third kappa shape index (κ3) is 4.56. The van der Waals surface area contributed by atoms with Crippen LogP contribution in [-0.2, 0) is 0 Å². The number of aromatic nitrogens is 2. The summed E-state index contributed by atoms with van der Waals surface area (Å²) < 4.78 is 2.44. The molecule has 0 aliphatic carbocycles. The van der Waals surface area contributed by atoms with Crippen molar-refractivity contribution in [2.24, 2.45) is 0 Å². The molecule has 10 rings (SSSR count). The monoisotopic (exact) mass is 637 g/mol. The highest BCUT2D eigenvalue weighted by molar-refractivity contribution is 6.22. The first-order valence-electron chi connectivity index (χ1n) is 17.1. The van der Waals surface area contributed by atoms with E-state index in [9.17, 15) is 0 Å². The van der Waals surface area contributed by atoms with E-state index >= 15 is 0 Å². The molecule has 3 heteroatoms. The third-order valence-electron chi connectivity index (χ3n) is 9.90. The molecule has 7 aromatic carbocycles. The van der Waals surface area contributed by atoms with Gasteiger partial charge in [-0.05, 0) is 82.7 Å². The predicted molar refractivity (Wildman–Crippen MR) is 210 cm³/mol. The summed E-state index contributed by atoms with van der Waals surface area (Å²) in [5.74, 6) is 0. The van der Waals surface area contributed by atoms with E-state index in [1.807, 2.05) is 12.1 Å². The van der Waals surface area contributed by atoms with Crippen LogP contribution in [0.4, 0.5) is 11.4 Å². The van der Waals surface area contributed by atoms with Crippen LogP contribution in [0, 0.1) is 0 Å². The first kappa shape index (κ1) is 28.3. The number of nitrogens with zero attached hydrogens (tertiary/aromatic N) is 3. The molecule has 3 nitrogen and oxygen atoms in total. The third-order valence-corrected chi connectivity index (χ3v) is 9.90. The Labute approximate surface area is 290 Å². The lowest BCUT2D eigenvalue weighted by molar-refractivity contribution is 1.18. The summed E-state index contributed by atoms with van der Waals surface area (Å²) in [5, 5.41) is 5.03. The van der Waals surface area contributed by atoms with Gasteiger partial charge in [-0.2, -0.15) is 0 Å². The summed E-state index contributed by atoms with van der Waals surface area (Å²) in [5.41, 5.74) is 13.5. The van der Waals surface area contributed by atoms with Gasteiger partial charge in [0, 0.05) is 44.9 Å². The molecule has 0 atom stereocenters. The van der Waals surface area contributed by atoms with E-state index in [0.717, 1.165) is 45.0 Å². The summed E-state index contributed by atoms with van der Waals surface area (Å²) in [4.78, 5) is 7.42. The quantitative estimate of drug-likeness (QED) is 0.187. The molecule has 0 spiro atoms. The number of para-hydroxylation sites is 2. The number of anilines is 2. The number of hydrogen-bond donors (Lipinski definition) is 0. The average molecular weight is 638 g/mol. The summed E-state index contributed by atoms with van der Waals surface area (Å²) >= 11 is 0. The number of pyridine rings is 1. The Bertz CT molecular complexity index is 2690. The van der Waals surface area contributed by atoms with Crippen molar-refractivity contribution in [3.63, 3.8) is 0 Å². The van der Waals surface area contributed by atoms with Gasteiger partial charge in [-0.1, -0.05) is 121 Å². The maximum absolute atomic E-state index is 5.12. The van der Waals surface area contributed by atoms with Gasteiger partial charge in [0.1, 0.15) is 0 Å². The van der Waals surface area contributed by atoms with E-state index in [0.29, 0.717) is 0 Å². The molecular weight excluding hydrogens is 607 g/mol. The molecule has 0 N–H and O–H groups in total. The molecular formula is C47H31N3. The second-order valence-electron chi connectivity index (χ2n) is 12.8. The van der Waals surface area contributed by atoms with E-state index in [4.69, 9.17) is 4.98 Å². The van der Waals surface area contributed by atoms with E-state index in [1.165, 1.54) is 43.8 Å². The first-order chi connectivity index (χ1) is 24.8. The second kappa shape index (κ2) is 11.5. The maximum atomic E-state index is 5.12. The summed E-state index contributed by atoms with van der Waals surface area (Å²) in [6.07, 6.45) is 4.52. The molecule has 234 valence electrons. The van der Waals surface area contributed by atoms with Crippen LogP contribution >= 0.6 is 0 Å². The zero-order valence-electron chi connectivity index (χ0n) is 27.2. The Morgan fingerprint density at radius 3 is 1.78 bits per heavy atom. The molecule has 0 saturated heterocycles. The second-order valence-corrected chi connectivity index (χ2v) is 12.8. The Morgan fingerprint density at radius 1 is 0.420 bits per heavy atom. The molecule has 0 unspecified atom stereocenters. The molecule has 2 aromatic heterocycles. The summed E-state index contributed by atoms with van der Waals surface area (Å²) in [7, 11) is 0. The molecule has 0 radical (unpaired) electrons. The fourth-order valence-corrected chi connectivity index (χ4v) is 7.65. The van der Waals surface area contributed by atoms with Gasteiger partial charge in [0.15, 0.2) is 0 Å². The van der Waals surface area contributed by atoms with E-state index in [1.54, 1.807) is 0 Å². The van der Waals surface area contributed by atoms with Crippen LogP contribution in [0.3, 0.4) is 0 Å². The predicted octanol–water partition coefficient (Wildman–Crippen LogP) is 12.5. The summed E-state index contributed by atoms with van der Waals surface area (Å²) in [6, 6.07) is 62.7. The smallest absolute Gasteiger partial charge is 0.0715 e. The van der Waals surface area contributed by atoms with Crippen LogP contribution in [0.5, 0.6) is 0 Å². The Hall–Kier alpha value is -6.71. The highest BCUT2D eigenvalue weighted by atomic mass is 15.1. The first-order valence-corrected chi connectivity index (χ1v) is 17.1. The number of fused-ring (bicyclic) bond motifs is 4. The Kier molecular flexibility index (Phi) is 6.49. The lowest BCUT2D eigenvalue weighted by atomic mass is 9.94. The fraction of sp³-hybridized carbons (Fsp3) is 0. The van der Waals surface area contributed by atoms with Crippen LogP contribution in [0.15, 0.2) is 182 Å². The largest absolute Gasteiger partial charge is 0.317 e. The van der Waals surface area contributed by atoms with Crippen molar-refractivity contribution < 1.29 is 0 Å². The van der Waals surface area contributed by atoms with Crippen LogP contribution in [0.2, 0.25) is 0 Å². The van der Waals surface area contributed by atoms with Crippen molar-refractivity contribution in [2.75, 3.05) is 4.90 Å². The normalized spacial score (nSPS) is 12.3. The Morgan fingerprint density at radius 2 is 1.04 bits per heavy atom. The van der Waals surface area contributed by atoms with Crippen molar-refractivity contribution in [2.45, 2.75) is 0 Å². The minimum absolute atomic E-state index is 0.960. The van der Waals surface area contributed by atoms with Gasteiger partial charge >= 0.3 is 0 Å². The lowest BCUT2D eigenvalue weighted by Gasteiger charge is -2.27. The van der Waals surface area contributed by atoms with Crippen molar-refractivity contribution in [1.29, 1.82) is 0 Å². The highest BCUT2D eigenvalue weighted by Gasteiger charge is 2.23. The molecule has 9 aromatic rings. The minimum atomic E-state index is 0.960. The van der Waals surface area contributed by atoms with Crippen LogP contribution in [0.25, 0.3) is 78.0 Å². The van der Waals surface area contributed by atoms with Gasteiger partial charge in [-0.15, -0.1) is 0 Å². The number of benzene rings is 7. The minimum Gasteiger partial charge on any atom is -0.317 e. The van der Waals surface area contributed by atoms with Crippen molar-refractivity contribution in [3.05, 3.63) is 188 Å². The van der Waals surface area contributed by atoms with E-state index in [2.05, 4.69) is 186 Å². The SMILES string of the molecule is C1=CN(c2ccccc2)c2cccc3cc4c(c1c23)c1ccccc1n4-c1cccc(-c2cc(-c3ccccc3)nc(-c3ccccc3)c2)c1. The average Bonchev–Trinajstić information content (AvgIpc) is 3.53. The number of hydrogen-bond acceptors (Lipinski definition) is 2. The fourth-order valence-electron chi connectivity index (χ4n) is 7.65. The molecule has 1 aliphatic heterocycles. The molecule has 0 amide bonds. The zero-order chi connectivity index (χ0) is 33.0. The van der Waals surface area contributed by atoms with Gasteiger partial charge in [-0.3, -0.25) is 0 Å². The lowest BCUT2D eigenvalue weighted by Crippen LogP contribution is -2.11. The molecule has 0 bridgehead atoms.